The summed E-state index contributed by atoms with van der Waals surface area (Å²) in [6.07, 6.45) is 2.92. The lowest BCUT2D eigenvalue weighted by atomic mass is 9.96. The molecule has 0 spiro atoms. The highest BCUT2D eigenvalue weighted by Gasteiger charge is 2.25. The largest absolute Gasteiger partial charge is 0.326 e. The summed E-state index contributed by atoms with van der Waals surface area (Å²) in [4.78, 5) is 14.9. The van der Waals surface area contributed by atoms with Crippen LogP contribution in [0.1, 0.15) is 30.9 Å². The van der Waals surface area contributed by atoms with E-state index in [2.05, 4.69) is 29.3 Å². The number of carbonyl (C=O) groups is 1. The van der Waals surface area contributed by atoms with E-state index in [9.17, 15) is 9.18 Å². The van der Waals surface area contributed by atoms with Crippen molar-refractivity contribution in [2.24, 2.45) is 5.92 Å². The van der Waals surface area contributed by atoms with E-state index in [1.54, 1.807) is 0 Å². The first kappa shape index (κ1) is 17.6. The molecule has 1 amide bonds. The molecule has 1 aliphatic heterocycles. The van der Waals surface area contributed by atoms with Gasteiger partial charge in [0, 0.05) is 18.8 Å². The monoisotopic (exact) mass is 340 g/mol. The minimum absolute atomic E-state index is 0.0000463. The van der Waals surface area contributed by atoms with E-state index in [-0.39, 0.29) is 17.6 Å². The summed E-state index contributed by atoms with van der Waals surface area (Å²) < 4.78 is 13.0. The summed E-state index contributed by atoms with van der Waals surface area (Å²) in [7, 11) is 0. The summed E-state index contributed by atoms with van der Waals surface area (Å²) in [5.41, 5.74) is 3.21. The average molecular weight is 340 g/mol. The number of nitrogens with zero attached hydrogens (tertiary/aromatic N) is 1. The van der Waals surface area contributed by atoms with Gasteiger partial charge in [0.05, 0.1) is 5.92 Å². The van der Waals surface area contributed by atoms with Crippen LogP contribution in [0.25, 0.3) is 0 Å². The molecule has 3 rings (SSSR count). The highest BCUT2D eigenvalue weighted by molar-refractivity contribution is 5.92. The van der Waals surface area contributed by atoms with Gasteiger partial charge >= 0.3 is 0 Å². The van der Waals surface area contributed by atoms with Gasteiger partial charge in [0.15, 0.2) is 0 Å². The Balaban J connectivity index is 1.56. The Kier molecular flexibility index (Phi) is 5.82. The summed E-state index contributed by atoms with van der Waals surface area (Å²) in [6, 6.07) is 14.6. The van der Waals surface area contributed by atoms with Crippen LogP contribution in [0.15, 0.2) is 48.5 Å². The number of nitrogens with one attached hydrogen (secondary N) is 1. The molecule has 1 atom stereocenters. The molecule has 1 aliphatic rings. The second kappa shape index (κ2) is 8.26. The molecule has 1 unspecified atom stereocenters. The number of halogens is 1. The van der Waals surface area contributed by atoms with Gasteiger partial charge in [0.2, 0.25) is 5.91 Å². The molecular weight excluding hydrogens is 315 g/mol. The Morgan fingerprint density at radius 3 is 2.48 bits per heavy atom. The number of carbonyl (C=O) groups excluding carboxylic acids is 1. The number of hydrogen-bond acceptors (Lipinski definition) is 2. The van der Waals surface area contributed by atoms with Crippen molar-refractivity contribution in [3.8, 4) is 0 Å². The van der Waals surface area contributed by atoms with Gasteiger partial charge in [-0.15, -0.1) is 0 Å². The maximum atomic E-state index is 13.0. The zero-order chi connectivity index (χ0) is 17.6. The highest BCUT2D eigenvalue weighted by atomic mass is 19.1. The van der Waals surface area contributed by atoms with Crippen molar-refractivity contribution in [2.45, 2.75) is 32.7 Å². The number of hydrogen-bond donors (Lipinski definition) is 1. The van der Waals surface area contributed by atoms with Crippen LogP contribution in [-0.2, 0) is 17.8 Å². The summed E-state index contributed by atoms with van der Waals surface area (Å²) in [5, 5.41) is 3.04. The van der Waals surface area contributed by atoms with Crippen LogP contribution < -0.4 is 5.32 Å². The van der Waals surface area contributed by atoms with E-state index in [1.165, 1.54) is 17.7 Å². The fraction of sp³-hybridized carbons (Fsp3) is 0.381. The lowest BCUT2D eigenvalue weighted by molar-refractivity contribution is -0.121. The molecule has 132 valence electrons. The number of rotatable bonds is 5. The summed E-state index contributed by atoms with van der Waals surface area (Å²) in [5.74, 6) is -0.123. The lowest BCUT2D eigenvalue weighted by Crippen LogP contribution is -2.40. The molecule has 1 heterocycles. The Hall–Kier alpha value is -2.20. The molecule has 0 radical (unpaired) electrons. The third-order valence-electron chi connectivity index (χ3n) is 4.83. The van der Waals surface area contributed by atoms with Crippen LogP contribution in [0.4, 0.5) is 10.1 Å². The fourth-order valence-corrected chi connectivity index (χ4v) is 3.33. The normalized spacial score (nSPS) is 18.1. The maximum Gasteiger partial charge on any atom is 0.228 e. The molecule has 0 aromatic heterocycles. The zero-order valence-corrected chi connectivity index (χ0v) is 14.7. The van der Waals surface area contributed by atoms with Crippen LogP contribution in [0.5, 0.6) is 0 Å². The van der Waals surface area contributed by atoms with E-state index in [0.717, 1.165) is 50.1 Å². The van der Waals surface area contributed by atoms with Crippen molar-refractivity contribution in [1.82, 2.24) is 4.90 Å². The fourth-order valence-electron chi connectivity index (χ4n) is 3.33. The van der Waals surface area contributed by atoms with Gasteiger partial charge in [-0.3, -0.25) is 9.69 Å². The Morgan fingerprint density at radius 1 is 1.12 bits per heavy atom. The van der Waals surface area contributed by atoms with Crippen molar-refractivity contribution in [2.75, 3.05) is 18.4 Å². The van der Waals surface area contributed by atoms with E-state index in [4.69, 9.17) is 0 Å². The number of likely N-dealkylation sites (tertiary alicyclic amines) is 1. The molecule has 1 N–H and O–H groups in total. The standard InChI is InChI=1S/C21H25FN2O/c1-2-16-7-11-20(12-8-16)23-21(25)18-4-3-13-24(15-18)14-17-5-9-19(22)10-6-17/h5-12,18H,2-4,13-15H2,1H3,(H,23,25). The van der Waals surface area contributed by atoms with Crippen molar-refractivity contribution >= 4 is 11.6 Å². The van der Waals surface area contributed by atoms with Crippen molar-refractivity contribution in [1.29, 1.82) is 0 Å². The first-order valence-electron chi connectivity index (χ1n) is 9.00. The van der Waals surface area contributed by atoms with Gasteiger partial charge in [-0.05, 0) is 61.2 Å². The zero-order valence-electron chi connectivity index (χ0n) is 14.7. The molecule has 0 aliphatic carbocycles. The van der Waals surface area contributed by atoms with E-state index in [0.29, 0.717) is 0 Å². The number of aryl methyl sites for hydroxylation is 1. The first-order valence-corrected chi connectivity index (χ1v) is 9.00. The molecule has 2 aromatic carbocycles. The molecule has 25 heavy (non-hydrogen) atoms. The maximum absolute atomic E-state index is 13.0. The van der Waals surface area contributed by atoms with Gasteiger partial charge in [-0.25, -0.2) is 4.39 Å². The van der Waals surface area contributed by atoms with Crippen LogP contribution >= 0.6 is 0 Å². The molecule has 0 bridgehead atoms. The smallest absolute Gasteiger partial charge is 0.228 e. The summed E-state index contributed by atoms with van der Waals surface area (Å²) in [6.45, 7) is 4.60. The number of piperidine rings is 1. The molecule has 1 fully saturated rings. The highest BCUT2D eigenvalue weighted by Crippen LogP contribution is 2.21. The van der Waals surface area contributed by atoms with E-state index in [1.807, 2.05) is 24.3 Å². The third-order valence-corrected chi connectivity index (χ3v) is 4.83. The SMILES string of the molecule is CCc1ccc(NC(=O)C2CCCN(Cc3ccc(F)cc3)C2)cc1. The predicted molar refractivity (Wildman–Crippen MR) is 98.9 cm³/mol. The van der Waals surface area contributed by atoms with E-state index >= 15 is 0 Å². The molecule has 3 nitrogen and oxygen atoms in total. The first-order chi connectivity index (χ1) is 12.1. The molecule has 1 saturated heterocycles. The topological polar surface area (TPSA) is 32.3 Å². The molecule has 4 heteroatoms. The third kappa shape index (κ3) is 4.89. The Bertz CT molecular complexity index is 697. The lowest BCUT2D eigenvalue weighted by Gasteiger charge is -2.32. The molecular formula is C21H25FN2O. The van der Waals surface area contributed by atoms with Gasteiger partial charge in [0.25, 0.3) is 0 Å². The van der Waals surface area contributed by atoms with E-state index < -0.39 is 0 Å². The van der Waals surface area contributed by atoms with Crippen LogP contribution in [0.3, 0.4) is 0 Å². The number of anilines is 1. The van der Waals surface area contributed by atoms with Crippen molar-refractivity contribution < 1.29 is 9.18 Å². The van der Waals surface area contributed by atoms with Crippen LogP contribution in [0, 0.1) is 11.7 Å². The average Bonchev–Trinajstić information content (AvgIpc) is 2.64. The molecule has 2 aromatic rings. The Morgan fingerprint density at radius 2 is 1.80 bits per heavy atom. The van der Waals surface area contributed by atoms with Gasteiger partial charge in [-0.1, -0.05) is 31.2 Å². The van der Waals surface area contributed by atoms with Gasteiger partial charge in [0.1, 0.15) is 5.82 Å². The summed E-state index contributed by atoms with van der Waals surface area (Å²) >= 11 is 0. The van der Waals surface area contributed by atoms with Gasteiger partial charge < -0.3 is 5.32 Å². The molecule has 0 saturated carbocycles. The predicted octanol–water partition coefficient (Wildman–Crippen LogP) is 4.24. The minimum Gasteiger partial charge on any atom is -0.326 e. The van der Waals surface area contributed by atoms with Crippen molar-refractivity contribution in [3.63, 3.8) is 0 Å². The van der Waals surface area contributed by atoms with Crippen LogP contribution in [-0.4, -0.2) is 23.9 Å². The van der Waals surface area contributed by atoms with Crippen LogP contribution in [0.2, 0.25) is 0 Å². The number of benzene rings is 2. The quantitative estimate of drug-likeness (QED) is 0.883. The van der Waals surface area contributed by atoms with Gasteiger partial charge in [-0.2, -0.15) is 0 Å². The second-order valence-corrected chi connectivity index (χ2v) is 6.74. The number of amides is 1. The van der Waals surface area contributed by atoms with Crippen molar-refractivity contribution in [3.05, 3.63) is 65.5 Å². The minimum atomic E-state index is -0.214. The Labute approximate surface area is 148 Å². The second-order valence-electron chi connectivity index (χ2n) is 6.74.